The summed E-state index contributed by atoms with van der Waals surface area (Å²) in [5.74, 6) is 0.323. The Hall–Kier alpha value is -3.71. The first-order chi connectivity index (χ1) is 15.9. The zero-order valence-electron chi connectivity index (χ0n) is 18.6. The van der Waals surface area contributed by atoms with E-state index in [0.717, 1.165) is 6.42 Å². The van der Waals surface area contributed by atoms with E-state index in [0.29, 0.717) is 40.8 Å². The minimum atomic E-state index is -0.390. The molecule has 3 rings (SSSR count). The van der Waals surface area contributed by atoms with Gasteiger partial charge in [0.05, 0.1) is 23.4 Å². The maximum atomic E-state index is 12.8. The van der Waals surface area contributed by atoms with E-state index in [-0.39, 0.29) is 16.9 Å². The zero-order chi connectivity index (χ0) is 23.6. The summed E-state index contributed by atoms with van der Waals surface area (Å²) >= 11 is 5.34. The Labute approximate surface area is 199 Å². The van der Waals surface area contributed by atoms with Crippen LogP contribution >= 0.6 is 12.2 Å². The molecule has 0 aliphatic carbocycles. The third-order valence-electron chi connectivity index (χ3n) is 4.76. The van der Waals surface area contributed by atoms with Gasteiger partial charge in [-0.3, -0.25) is 14.9 Å². The third-order valence-corrected chi connectivity index (χ3v) is 4.97. The van der Waals surface area contributed by atoms with E-state index < -0.39 is 0 Å². The van der Waals surface area contributed by atoms with Crippen molar-refractivity contribution < 1.29 is 14.3 Å². The van der Waals surface area contributed by atoms with Gasteiger partial charge in [0.25, 0.3) is 11.8 Å². The van der Waals surface area contributed by atoms with E-state index in [1.807, 2.05) is 24.3 Å². The van der Waals surface area contributed by atoms with Crippen molar-refractivity contribution in [2.24, 2.45) is 5.92 Å². The number of amides is 2. The van der Waals surface area contributed by atoms with Crippen LogP contribution in [-0.2, 0) is 0 Å². The Balaban J connectivity index is 1.66. The second-order valence-corrected chi connectivity index (χ2v) is 8.21. The summed E-state index contributed by atoms with van der Waals surface area (Å²) in [7, 11) is 0. The third kappa shape index (κ3) is 7.15. The van der Waals surface area contributed by atoms with E-state index in [4.69, 9.17) is 17.0 Å². The Morgan fingerprint density at radius 2 is 1.45 bits per heavy atom. The number of benzene rings is 3. The fourth-order valence-corrected chi connectivity index (χ4v) is 3.22. The summed E-state index contributed by atoms with van der Waals surface area (Å²) in [6, 6.07) is 23.1. The summed E-state index contributed by atoms with van der Waals surface area (Å²) in [4.78, 5) is 25.6. The first-order valence-electron chi connectivity index (χ1n) is 10.7. The number of hydrogen-bond donors (Lipinski definition) is 3. The minimum Gasteiger partial charge on any atom is -0.493 e. The molecule has 0 aliphatic rings. The fourth-order valence-electron chi connectivity index (χ4n) is 3.02. The van der Waals surface area contributed by atoms with Gasteiger partial charge in [0, 0.05) is 5.69 Å². The number of ether oxygens (including phenoxy) is 1. The molecule has 0 aromatic heterocycles. The summed E-state index contributed by atoms with van der Waals surface area (Å²) < 4.78 is 5.80. The molecule has 0 aliphatic heterocycles. The molecule has 0 saturated heterocycles. The lowest BCUT2D eigenvalue weighted by Gasteiger charge is -2.15. The highest BCUT2D eigenvalue weighted by Crippen LogP contribution is 2.20. The molecule has 0 heterocycles. The summed E-state index contributed by atoms with van der Waals surface area (Å²) in [5, 5.41) is 8.55. The molecular formula is C26H27N3O3S. The molecule has 0 spiro atoms. The zero-order valence-corrected chi connectivity index (χ0v) is 19.4. The lowest BCUT2D eigenvalue weighted by atomic mass is 10.1. The Morgan fingerprint density at radius 3 is 2.18 bits per heavy atom. The van der Waals surface area contributed by atoms with Gasteiger partial charge in [0.2, 0.25) is 0 Å². The van der Waals surface area contributed by atoms with Crippen LogP contribution in [0.1, 0.15) is 41.0 Å². The van der Waals surface area contributed by atoms with Crippen molar-refractivity contribution in [1.29, 1.82) is 0 Å². The van der Waals surface area contributed by atoms with Crippen LogP contribution in [0, 0.1) is 5.92 Å². The lowest BCUT2D eigenvalue weighted by Crippen LogP contribution is -2.35. The first kappa shape index (κ1) is 23.9. The van der Waals surface area contributed by atoms with Crippen molar-refractivity contribution in [3.63, 3.8) is 0 Å². The van der Waals surface area contributed by atoms with E-state index in [9.17, 15) is 9.59 Å². The smallest absolute Gasteiger partial charge is 0.261 e. The van der Waals surface area contributed by atoms with E-state index >= 15 is 0 Å². The topological polar surface area (TPSA) is 79.5 Å². The van der Waals surface area contributed by atoms with Gasteiger partial charge < -0.3 is 15.4 Å². The predicted octanol–water partition coefficient (Wildman–Crippen LogP) is 5.49. The Bertz CT molecular complexity index is 1120. The van der Waals surface area contributed by atoms with E-state index in [1.54, 1.807) is 54.6 Å². The standard InChI is InChI=1S/C26H27N3O3S/c1-18(2)16-17-32-23-15-9-7-13-21(23)25(31)29-26(33)28-22-14-8-6-12-20(22)24(30)27-19-10-4-3-5-11-19/h3-15,18H,16-17H2,1-2H3,(H,27,30)(H2,28,29,31,33). The average Bonchev–Trinajstić information content (AvgIpc) is 2.80. The molecule has 0 radical (unpaired) electrons. The van der Waals surface area contributed by atoms with E-state index in [1.165, 1.54) is 0 Å². The molecule has 0 atom stereocenters. The van der Waals surface area contributed by atoms with E-state index in [2.05, 4.69) is 29.8 Å². The maximum absolute atomic E-state index is 12.8. The monoisotopic (exact) mass is 461 g/mol. The molecule has 33 heavy (non-hydrogen) atoms. The van der Waals surface area contributed by atoms with Gasteiger partial charge in [0.1, 0.15) is 5.75 Å². The van der Waals surface area contributed by atoms with Crippen LogP contribution in [-0.4, -0.2) is 23.5 Å². The van der Waals surface area contributed by atoms with Crippen LogP contribution in [0.15, 0.2) is 78.9 Å². The second kappa shape index (κ2) is 11.8. The fraction of sp³-hybridized carbons (Fsp3) is 0.192. The summed E-state index contributed by atoms with van der Waals surface area (Å²) in [5.41, 5.74) is 1.95. The molecule has 3 N–H and O–H groups in total. The van der Waals surface area contributed by atoms with Crippen LogP contribution in [0.4, 0.5) is 11.4 Å². The van der Waals surface area contributed by atoms with Crippen molar-refractivity contribution >= 4 is 40.5 Å². The highest BCUT2D eigenvalue weighted by atomic mass is 32.1. The average molecular weight is 462 g/mol. The molecule has 2 amide bonds. The Morgan fingerprint density at radius 1 is 0.818 bits per heavy atom. The van der Waals surface area contributed by atoms with Crippen molar-refractivity contribution in [3.05, 3.63) is 90.0 Å². The number of para-hydroxylation sites is 3. The van der Waals surface area contributed by atoms with Crippen LogP contribution in [0.25, 0.3) is 0 Å². The maximum Gasteiger partial charge on any atom is 0.261 e. The van der Waals surface area contributed by atoms with Gasteiger partial charge in [-0.1, -0.05) is 56.3 Å². The van der Waals surface area contributed by atoms with Gasteiger partial charge in [-0.05, 0) is 61.0 Å². The van der Waals surface area contributed by atoms with Crippen LogP contribution in [0.3, 0.4) is 0 Å². The number of rotatable bonds is 8. The highest BCUT2D eigenvalue weighted by molar-refractivity contribution is 7.80. The van der Waals surface area contributed by atoms with Gasteiger partial charge in [0.15, 0.2) is 5.11 Å². The van der Waals surface area contributed by atoms with Crippen molar-refractivity contribution in [1.82, 2.24) is 5.32 Å². The molecule has 7 heteroatoms. The summed E-state index contributed by atoms with van der Waals surface area (Å²) in [6.07, 6.45) is 0.887. The van der Waals surface area contributed by atoms with Gasteiger partial charge in [-0.25, -0.2) is 0 Å². The van der Waals surface area contributed by atoms with Gasteiger partial charge in [-0.2, -0.15) is 0 Å². The van der Waals surface area contributed by atoms with Crippen LogP contribution in [0.5, 0.6) is 5.75 Å². The van der Waals surface area contributed by atoms with Crippen LogP contribution in [0.2, 0.25) is 0 Å². The first-order valence-corrected chi connectivity index (χ1v) is 11.1. The number of thiocarbonyl (C=S) groups is 1. The quantitative estimate of drug-likeness (QED) is 0.387. The molecule has 6 nitrogen and oxygen atoms in total. The normalized spacial score (nSPS) is 10.4. The molecular weight excluding hydrogens is 434 g/mol. The predicted molar refractivity (Wildman–Crippen MR) is 136 cm³/mol. The molecule has 0 fully saturated rings. The number of anilines is 2. The second-order valence-electron chi connectivity index (χ2n) is 7.80. The number of nitrogens with one attached hydrogen (secondary N) is 3. The number of carbonyl (C=O) groups excluding carboxylic acids is 2. The highest BCUT2D eigenvalue weighted by Gasteiger charge is 2.16. The van der Waals surface area contributed by atoms with Crippen molar-refractivity contribution in [2.75, 3.05) is 17.2 Å². The largest absolute Gasteiger partial charge is 0.493 e. The minimum absolute atomic E-state index is 0.0805. The molecule has 3 aromatic rings. The molecule has 0 bridgehead atoms. The van der Waals surface area contributed by atoms with Crippen molar-refractivity contribution in [2.45, 2.75) is 20.3 Å². The Kier molecular flexibility index (Phi) is 8.55. The number of hydrogen-bond acceptors (Lipinski definition) is 4. The van der Waals surface area contributed by atoms with Gasteiger partial charge in [-0.15, -0.1) is 0 Å². The number of carbonyl (C=O) groups is 2. The summed E-state index contributed by atoms with van der Waals surface area (Å²) in [6.45, 7) is 4.75. The van der Waals surface area contributed by atoms with Gasteiger partial charge >= 0.3 is 0 Å². The lowest BCUT2D eigenvalue weighted by molar-refractivity contribution is 0.0972. The van der Waals surface area contributed by atoms with Crippen LogP contribution < -0.4 is 20.7 Å². The molecule has 0 unspecified atom stereocenters. The molecule has 3 aromatic carbocycles. The molecule has 0 saturated carbocycles. The van der Waals surface area contributed by atoms with Crippen molar-refractivity contribution in [3.8, 4) is 5.75 Å². The molecule has 170 valence electrons. The SMILES string of the molecule is CC(C)CCOc1ccccc1C(=O)NC(=S)Nc1ccccc1C(=O)Nc1ccccc1.